The number of nitrogens with one attached hydrogen (secondary N) is 1. The summed E-state index contributed by atoms with van der Waals surface area (Å²) in [7, 11) is 1.38. The SMILES string of the molecule is COC(=O)c1ccc(CNCc2ccc(C3OCCO3)cc2)cc1. The van der Waals surface area contributed by atoms with Crippen molar-refractivity contribution in [2.45, 2.75) is 19.4 Å². The van der Waals surface area contributed by atoms with Crippen LogP contribution in [0.3, 0.4) is 0 Å². The molecular formula is C19H21NO4. The molecule has 1 N–H and O–H groups in total. The highest BCUT2D eigenvalue weighted by Crippen LogP contribution is 2.23. The molecule has 2 aromatic carbocycles. The molecule has 1 fully saturated rings. The highest BCUT2D eigenvalue weighted by atomic mass is 16.7. The topological polar surface area (TPSA) is 56.8 Å². The summed E-state index contributed by atoms with van der Waals surface area (Å²) < 4.78 is 15.7. The minimum absolute atomic E-state index is 0.222. The molecule has 3 rings (SSSR count). The number of ether oxygens (including phenoxy) is 3. The molecule has 0 spiro atoms. The Morgan fingerprint density at radius 3 is 2.08 bits per heavy atom. The molecular weight excluding hydrogens is 306 g/mol. The van der Waals surface area contributed by atoms with Crippen molar-refractivity contribution in [1.82, 2.24) is 5.32 Å². The summed E-state index contributed by atoms with van der Waals surface area (Å²) in [5.41, 5.74) is 3.93. The molecule has 0 bridgehead atoms. The number of benzene rings is 2. The van der Waals surface area contributed by atoms with Gasteiger partial charge >= 0.3 is 5.97 Å². The molecule has 1 saturated heterocycles. The molecule has 0 aromatic heterocycles. The van der Waals surface area contributed by atoms with Gasteiger partial charge in [-0.3, -0.25) is 0 Å². The Hall–Kier alpha value is -2.21. The summed E-state index contributed by atoms with van der Waals surface area (Å²) in [5.74, 6) is -0.315. The van der Waals surface area contributed by atoms with Crippen LogP contribution in [0.4, 0.5) is 0 Å². The Bertz CT molecular complexity index is 661. The lowest BCUT2D eigenvalue weighted by molar-refractivity contribution is -0.0441. The zero-order valence-corrected chi connectivity index (χ0v) is 13.7. The highest BCUT2D eigenvalue weighted by Gasteiger charge is 2.17. The summed E-state index contributed by atoms with van der Waals surface area (Å²) in [5, 5.41) is 3.39. The van der Waals surface area contributed by atoms with E-state index in [9.17, 15) is 4.79 Å². The lowest BCUT2D eigenvalue weighted by Crippen LogP contribution is -2.13. The van der Waals surface area contributed by atoms with Crippen LogP contribution in [-0.4, -0.2) is 26.3 Å². The summed E-state index contributed by atoms with van der Waals surface area (Å²) >= 11 is 0. The molecule has 0 saturated carbocycles. The molecule has 5 heteroatoms. The molecule has 5 nitrogen and oxygen atoms in total. The van der Waals surface area contributed by atoms with Gasteiger partial charge in [0, 0.05) is 18.7 Å². The number of methoxy groups -OCH3 is 1. The van der Waals surface area contributed by atoms with Crippen molar-refractivity contribution in [1.29, 1.82) is 0 Å². The van der Waals surface area contributed by atoms with Crippen molar-refractivity contribution in [3.8, 4) is 0 Å². The van der Waals surface area contributed by atoms with Gasteiger partial charge in [0.1, 0.15) is 0 Å². The van der Waals surface area contributed by atoms with Crippen LogP contribution in [0.1, 0.15) is 33.3 Å². The first-order chi connectivity index (χ1) is 11.8. The van der Waals surface area contributed by atoms with Gasteiger partial charge in [-0.25, -0.2) is 4.79 Å². The molecule has 0 unspecified atom stereocenters. The van der Waals surface area contributed by atoms with Crippen LogP contribution in [0.2, 0.25) is 0 Å². The van der Waals surface area contributed by atoms with E-state index in [1.54, 1.807) is 12.1 Å². The predicted molar refractivity (Wildman–Crippen MR) is 89.4 cm³/mol. The number of carbonyl (C=O) groups is 1. The predicted octanol–water partition coefficient (Wildman–Crippen LogP) is 2.81. The van der Waals surface area contributed by atoms with Crippen LogP contribution in [0.25, 0.3) is 0 Å². The van der Waals surface area contributed by atoms with Gasteiger partial charge in [0.15, 0.2) is 6.29 Å². The van der Waals surface area contributed by atoms with E-state index in [1.807, 2.05) is 24.3 Å². The normalized spacial score (nSPS) is 14.7. The third-order valence-corrected chi connectivity index (χ3v) is 3.91. The minimum Gasteiger partial charge on any atom is -0.465 e. The molecule has 0 radical (unpaired) electrons. The number of carbonyl (C=O) groups excluding carboxylic acids is 1. The first kappa shape index (κ1) is 16.6. The van der Waals surface area contributed by atoms with E-state index < -0.39 is 0 Å². The zero-order chi connectivity index (χ0) is 16.8. The first-order valence-electron chi connectivity index (χ1n) is 7.96. The molecule has 1 aliphatic rings. The molecule has 1 aliphatic heterocycles. The van der Waals surface area contributed by atoms with E-state index in [2.05, 4.69) is 22.2 Å². The minimum atomic E-state index is -0.315. The van der Waals surface area contributed by atoms with Gasteiger partial charge in [-0.2, -0.15) is 0 Å². The maximum atomic E-state index is 11.4. The Labute approximate surface area is 141 Å². The molecule has 0 aliphatic carbocycles. The third-order valence-electron chi connectivity index (χ3n) is 3.91. The van der Waals surface area contributed by atoms with E-state index in [4.69, 9.17) is 9.47 Å². The number of hydrogen-bond donors (Lipinski definition) is 1. The standard InChI is InChI=1S/C19H21NO4/c1-22-18(21)16-6-2-14(3-7-16)12-20-13-15-4-8-17(9-5-15)19-23-10-11-24-19/h2-9,19-20H,10-13H2,1H3. The van der Waals surface area contributed by atoms with Gasteiger partial charge < -0.3 is 19.5 Å². The second-order valence-electron chi connectivity index (χ2n) is 5.61. The van der Waals surface area contributed by atoms with Crippen molar-refractivity contribution < 1.29 is 19.0 Å². The molecule has 24 heavy (non-hydrogen) atoms. The van der Waals surface area contributed by atoms with Crippen molar-refractivity contribution in [2.24, 2.45) is 0 Å². The second kappa shape index (κ2) is 8.06. The molecule has 126 valence electrons. The van der Waals surface area contributed by atoms with Gasteiger partial charge in [-0.15, -0.1) is 0 Å². The van der Waals surface area contributed by atoms with Gasteiger partial charge in [0.2, 0.25) is 0 Å². The number of hydrogen-bond acceptors (Lipinski definition) is 5. The summed E-state index contributed by atoms with van der Waals surface area (Å²) in [6.45, 7) is 2.81. The van der Waals surface area contributed by atoms with Crippen LogP contribution in [-0.2, 0) is 27.3 Å². The smallest absolute Gasteiger partial charge is 0.337 e. The maximum Gasteiger partial charge on any atom is 0.337 e. The van der Waals surface area contributed by atoms with E-state index in [0.29, 0.717) is 18.8 Å². The summed E-state index contributed by atoms with van der Waals surface area (Å²) in [6.07, 6.45) is -0.222. The highest BCUT2D eigenvalue weighted by molar-refractivity contribution is 5.89. The van der Waals surface area contributed by atoms with Crippen molar-refractivity contribution in [3.05, 3.63) is 70.8 Å². The average Bonchev–Trinajstić information content (AvgIpc) is 3.17. The Kier molecular flexibility index (Phi) is 5.59. The van der Waals surface area contributed by atoms with Gasteiger partial charge in [0.25, 0.3) is 0 Å². The van der Waals surface area contributed by atoms with E-state index in [1.165, 1.54) is 12.7 Å². The maximum absolute atomic E-state index is 11.4. The largest absolute Gasteiger partial charge is 0.465 e. The van der Waals surface area contributed by atoms with E-state index >= 15 is 0 Å². The molecule has 0 amide bonds. The van der Waals surface area contributed by atoms with Crippen molar-refractivity contribution in [3.63, 3.8) is 0 Å². The van der Waals surface area contributed by atoms with Gasteiger partial charge in [0.05, 0.1) is 25.9 Å². The fraction of sp³-hybridized carbons (Fsp3) is 0.316. The van der Waals surface area contributed by atoms with E-state index in [-0.39, 0.29) is 12.3 Å². The molecule has 1 heterocycles. The molecule has 2 aromatic rings. The van der Waals surface area contributed by atoms with Gasteiger partial charge in [-0.1, -0.05) is 36.4 Å². The van der Waals surface area contributed by atoms with Crippen LogP contribution < -0.4 is 5.32 Å². The first-order valence-corrected chi connectivity index (χ1v) is 7.96. The lowest BCUT2D eigenvalue weighted by atomic mass is 10.1. The Morgan fingerprint density at radius 2 is 1.54 bits per heavy atom. The van der Waals surface area contributed by atoms with Crippen LogP contribution in [0.15, 0.2) is 48.5 Å². The summed E-state index contributed by atoms with van der Waals surface area (Å²) in [6, 6.07) is 15.6. The van der Waals surface area contributed by atoms with E-state index in [0.717, 1.165) is 24.2 Å². The van der Waals surface area contributed by atoms with Crippen molar-refractivity contribution >= 4 is 5.97 Å². The average molecular weight is 327 g/mol. The van der Waals surface area contributed by atoms with Crippen LogP contribution >= 0.6 is 0 Å². The van der Waals surface area contributed by atoms with Gasteiger partial charge in [-0.05, 0) is 23.3 Å². The number of esters is 1. The molecule has 0 atom stereocenters. The quantitative estimate of drug-likeness (QED) is 0.827. The number of rotatable bonds is 6. The van der Waals surface area contributed by atoms with Crippen LogP contribution in [0, 0.1) is 0 Å². The summed E-state index contributed by atoms with van der Waals surface area (Å²) in [4.78, 5) is 11.4. The fourth-order valence-electron chi connectivity index (χ4n) is 2.57. The lowest BCUT2D eigenvalue weighted by Gasteiger charge is -2.10. The third kappa shape index (κ3) is 4.20. The second-order valence-corrected chi connectivity index (χ2v) is 5.61. The van der Waals surface area contributed by atoms with Crippen LogP contribution in [0.5, 0.6) is 0 Å². The Morgan fingerprint density at radius 1 is 1.00 bits per heavy atom. The van der Waals surface area contributed by atoms with Crippen molar-refractivity contribution in [2.75, 3.05) is 20.3 Å². The Balaban J connectivity index is 1.48. The monoisotopic (exact) mass is 327 g/mol. The zero-order valence-electron chi connectivity index (χ0n) is 13.7. The fourth-order valence-corrected chi connectivity index (χ4v) is 2.57.